The van der Waals surface area contributed by atoms with Crippen LogP contribution in [0.2, 0.25) is 0 Å². The van der Waals surface area contributed by atoms with Gasteiger partial charge in [-0.25, -0.2) is 0 Å². The van der Waals surface area contributed by atoms with Crippen LogP contribution < -0.4 is 0 Å². The zero-order valence-corrected chi connectivity index (χ0v) is 10.4. The van der Waals surface area contributed by atoms with E-state index in [1.807, 2.05) is 30.3 Å². The lowest BCUT2D eigenvalue weighted by Crippen LogP contribution is -2.36. The molecular weight excluding hydrogens is 232 g/mol. The highest BCUT2D eigenvalue weighted by Crippen LogP contribution is 2.24. The first-order valence-corrected chi connectivity index (χ1v) is 5.54. The van der Waals surface area contributed by atoms with Crippen molar-refractivity contribution in [1.82, 2.24) is 0 Å². The third-order valence-electron chi connectivity index (χ3n) is 2.74. The summed E-state index contributed by atoms with van der Waals surface area (Å²) in [5, 5.41) is 9.10. The highest BCUT2D eigenvalue weighted by Gasteiger charge is 2.41. The van der Waals surface area contributed by atoms with E-state index in [4.69, 9.17) is 5.11 Å². The van der Waals surface area contributed by atoms with Crippen LogP contribution in [-0.2, 0) is 14.3 Å². The maximum atomic E-state index is 11.5. The molecule has 0 fully saturated rings. The number of rotatable bonds is 5. The lowest BCUT2D eigenvalue weighted by molar-refractivity contribution is -0.165. The minimum atomic E-state index is -1.54. The highest BCUT2D eigenvalue weighted by atomic mass is 16.5. The smallest absolute Gasteiger partial charge is 0.323 e. The van der Waals surface area contributed by atoms with Gasteiger partial charge < -0.3 is 9.84 Å². The molecule has 4 heteroatoms. The fraction of sp³-hybridized carbons (Fsp3) is 0.286. The molecule has 1 atom stereocenters. The molecule has 1 aromatic carbocycles. The summed E-state index contributed by atoms with van der Waals surface area (Å²) in [6, 6.07) is 9.46. The zero-order valence-electron chi connectivity index (χ0n) is 10.4. The van der Waals surface area contributed by atoms with Gasteiger partial charge in [-0.3, -0.25) is 9.59 Å². The van der Waals surface area contributed by atoms with Crippen LogP contribution in [0.5, 0.6) is 0 Å². The molecule has 0 unspecified atom stereocenters. The second-order valence-electron chi connectivity index (χ2n) is 4.15. The number of hydrogen-bond acceptors (Lipinski definition) is 3. The molecule has 0 radical (unpaired) electrons. The number of ether oxygens (including phenoxy) is 1. The Morgan fingerprint density at radius 3 is 2.44 bits per heavy atom. The molecule has 1 aromatic rings. The number of carboxylic acid groups (broad SMARTS) is 1. The van der Waals surface area contributed by atoms with Crippen LogP contribution in [0.25, 0.3) is 6.08 Å². The summed E-state index contributed by atoms with van der Waals surface area (Å²) in [5.41, 5.74) is -0.588. The molecule has 18 heavy (non-hydrogen) atoms. The van der Waals surface area contributed by atoms with Gasteiger partial charge in [0, 0.05) is 0 Å². The normalized spacial score (nSPS) is 14.1. The largest absolute Gasteiger partial charge is 0.480 e. The number of benzene rings is 1. The van der Waals surface area contributed by atoms with Gasteiger partial charge >= 0.3 is 11.9 Å². The number of aliphatic carboxylic acids is 1. The average molecular weight is 248 g/mol. The van der Waals surface area contributed by atoms with Gasteiger partial charge in [0.2, 0.25) is 0 Å². The van der Waals surface area contributed by atoms with Crippen LogP contribution in [0.15, 0.2) is 36.4 Å². The Hall–Kier alpha value is -2.10. The molecule has 0 aromatic heterocycles. The Morgan fingerprint density at radius 2 is 1.94 bits per heavy atom. The van der Waals surface area contributed by atoms with Gasteiger partial charge in [0.1, 0.15) is 0 Å². The van der Waals surface area contributed by atoms with Gasteiger partial charge in [0.05, 0.1) is 7.11 Å². The van der Waals surface area contributed by atoms with E-state index in [0.29, 0.717) is 0 Å². The predicted molar refractivity (Wildman–Crippen MR) is 67.9 cm³/mol. The van der Waals surface area contributed by atoms with Gasteiger partial charge in [-0.2, -0.15) is 0 Å². The topological polar surface area (TPSA) is 63.6 Å². The van der Waals surface area contributed by atoms with Crippen LogP contribution in [0, 0.1) is 5.41 Å². The summed E-state index contributed by atoms with van der Waals surface area (Å²) >= 11 is 0. The maximum absolute atomic E-state index is 11.5. The lowest BCUT2D eigenvalue weighted by atomic mass is 9.86. The van der Waals surface area contributed by atoms with Crippen molar-refractivity contribution in [3.05, 3.63) is 42.0 Å². The van der Waals surface area contributed by atoms with E-state index in [-0.39, 0.29) is 6.42 Å². The summed E-state index contributed by atoms with van der Waals surface area (Å²) < 4.78 is 4.53. The second kappa shape index (κ2) is 6.00. The zero-order chi connectivity index (χ0) is 13.6. The minimum absolute atomic E-state index is 0.0872. The van der Waals surface area contributed by atoms with Crippen molar-refractivity contribution in [2.45, 2.75) is 13.3 Å². The van der Waals surface area contributed by atoms with Gasteiger partial charge in [-0.05, 0) is 18.9 Å². The number of allylic oxidation sites excluding steroid dienone is 1. The minimum Gasteiger partial charge on any atom is -0.480 e. The Morgan fingerprint density at radius 1 is 1.33 bits per heavy atom. The fourth-order valence-electron chi connectivity index (χ4n) is 1.48. The standard InChI is InChI=1S/C14H16O4/c1-14(12(15)16,13(17)18-2)10-6-9-11-7-4-3-5-8-11/h3-9H,10H2,1-2H3,(H,15,16)/b9-6+/t14-/m1/s1. The molecule has 0 aliphatic carbocycles. The van der Waals surface area contributed by atoms with Crippen LogP contribution in [-0.4, -0.2) is 24.2 Å². The first kappa shape index (κ1) is 14.0. The molecule has 0 saturated carbocycles. The molecule has 0 heterocycles. The van der Waals surface area contributed by atoms with Crippen LogP contribution in [0.4, 0.5) is 0 Å². The molecule has 0 aliphatic heterocycles. The number of carboxylic acids is 1. The van der Waals surface area contributed by atoms with Gasteiger partial charge in [0.15, 0.2) is 5.41 Å². The van der Waals surface area contributed by atoms with Crippen molar-refractivity contribution in [3.63, 3.8) is 0 Å². The van der Waals surface area contributed by atoms with Crippen LogP contribution >= 0.6 is 0 Å². The van der Waals surface area contributed by atoms with E-state index in [1.165, 1.54) is 14.0 Å². The number of hydrogen-bond donors (Lipinski definition) is 1. The number of carbonyl (C=O) groups is 2. The van der Waals surface area contributed by atoms with Gasteiger partial charge in [-0.1, -0.05) is 42.5 Å². The molecule has 0 spiro atoms. The molecule has 4 nitrogen and oxygen atoms in total. The van der Waals surface area contributed by atoms with Crippen LogP contribution in [0.1, 0.15) is 18.9 Å². The summed E-state index contributed by atoms with van der Waals surface area (Å²) in [6.07, 6.45) is 3.54. The van der Waals surface area contributed by atoms with Crippen molar-refractivity contribution >= 4 is 18.0 Å². The molecule has 1 N–H and O–H groups in total. The van der Waals surface area contributed by atoms with E-state index in [2.05, 4.69) is 4.74 Å². The Bertz CT molecular complexity index is 450. The summed E-state index contributed by atoms with van der Waals surface area (Å²) in [6.45, 7) is 1.36. The lowest BCUT2D eigenvalue weighted by Gasteiger charge is -2.19. The van der Waals surface area contributed by atoms with Crippen molar-refractivity contribution in [1.29, 1.82) is 0 Å². The third kappa shape index (κ3) is 3.20. The van der Waals surface area contributed by atoms with E-state index < -0.39 is 17.4 Å². The third-order valence-corrected chi connectivity index (χ3v) is 2.74. The summed E-state index contributed by atoms with van der Waals surface area (Å²) in [7, 11) is 1.18. The van der Waals surface area contributed by atoms with Gasteiger partial charge in [0.25, 0.3) is 0 Å². The molecule has 0 bridgehead atoms. The van der Waals surface area contributed by atoms with E-state index in [1.54, 1.807) is 12.2 Å². The summed E-state index contributed by atoms with van der Waals surface area (Å²) in [4.78, 5) is 22.6. The van der Waals surface area contributed by atoms with E-state index in [0.717, 1.165) is 5.56 Å². The number of methoxy groups -OCH3 is 1. The predicted octanol–water partition coefficient (Wildman–Crippen LogP) is 2.35. The van der Waals surface area contributed by atoms with Gasteiger partial charge in [-0.15, -0.1) is 0 Å². The van der Waals surface area contributed by atoms with Crippen molar-refractivity contribution in [3.8, 4) is 0 Å². The molecule has 0 amide bonds. The van der Waals surface area contributed by atoms with E-state index >= 15 is 0 Å². The monoisotopic (exact) mass is 248 g/mol. The SMILES string of the molecule is COC(=O)[C@](C)(C/C=C/c1ccccc1)C(=O)O. The van der Waals surface area contributed by atoms with Crippen molar-refractivity contribution < 1.29 is 19.4 Å². The van der Waals surface area contributed by atoms with Crippen molar-refractivity contribution in [2.24, 2.45) is 5.41 Å². The first-order chi connectivity index (χ1) is 8.50. The molecule has 1 rings (SSSR count). The first-order valence-electron chi connectivity index (χ1n) is 5.54. The second-order valence-corrected chi connectivity index (χ2v) is 4.15. The molecule has 96 valence electrons. The molecule has 0 saturated heterocycles. The van der Waals surface area contributed by atoms with Crippen molar-refractivity contribution in [2.75, 3.05) is 7.11 Å². The summed E-state index contributed by atoms with van der Waals surface area (Å²) in [5.74, 6) is -1.93. The maximum Gasteiger partial charge on any atom is 0.323 e. The number of esters is 1. The quantitative estimate of drug-likeness (QED) is 0.641. The fourth-order valence-corrected chi connectivity index (χ4v) is 1.48. The Balaban J connectivity index is 2.78. The molecular formula is C14H16O4. The Labute approximate surface area is 106 Å². The number of carbonyl (C=O) groups excluding carboxylic acids is 1. The Kier molecular flexibility index (Phi) is 4.66. The average Bonchev–Trinajstić information content (AvgIpc) is 2.38. The van der Waals surface area contributed by atoms with Crippen LogP contribution in [0.3, 0.4) is 0 Å². The van der Waals surface area contributed by atoms with E-state index in [9.17, 15) is 9.59 Å². The highest BCUT2D eigenvalue weighted by molar-refractivity contribution is 5.98. The molecule has 0 aliphatic rings.